The lowest BCUT2D eigenvalue weighted by Gasteiger charge is -2.24. The second-order valence-electron chi connectivity index (χ2n) is 8.97. The molecule has 0 aliphatic carbocycles. The average molecular weight is 405 g/mol. The van der Waals surface area contributed by atoms with E-state index in [-0.39, 0.29) is 6.09 Å². The van der Waals surface area contributed by atoms with Gasteiger partial charge < -0.3 is 18.9 Å². The number of carbonyl (C=O) groups is 2. The highest BCUT2D eigenvalue weighted by Gasteiger charge is 2.21. The van der Waals surface area contributed by atoms with Gasteiger partial charge in [0.05, 0.1) is 11.0 Å². The van der Waals surface area contributed by atoms with Crippen molar-refractivity contribution in [2.75, 3.05) is 18.9 Å². The van der Waals surface area contributed by atoms with Crippen molar-refractivity contribution in [3.8, 4) is 0 Å². The van der Waals surface area contributed by atoms with E-state index in [0.717, 1.165) is 11.0 Å². The Labute approximate surface area is 172 Å². The largest absolute Gasteiger partial charge is 0.444 e. The van der Waals surface area contributed by atoms with Gasteiger partial charge in [-0.15, -0.1) is 0 Å². The van der Waals surface area contributed by atoms with E-state index in [2.05, 4.69) is 10.3 Å². The molecule has 2 aromatic heterocycles. The van der Waals surface area contributed by atoms with Gasteiger partial charge >= 0.3 is 12.2 Å². The summed E-state index contributed by atoms with van der Waals surface area (Å²) in [4.78, 5) is 30.3. The predicted octanol–water partition coefficient (Wildman–Crippen LogP) is 4.64. The van der Waals surface area contributed by atoms with E-state index < -0.39 is 17.3 Å². The fourth-order valence-electron chi connectivity index (χ4n) is 2.74. The maximum Gasteiger partial charge on any atom is 0.413 e. The molecule has 0 aliphatic heterocycles. The zero-order valence-corrected chi connectivity index (χ0v) is 18.4. The van der Waals surface area contributed by atoms with Gasteiger partial charge in [0, 0.05) is 32.4 Å². The molecule has 1 N–H and O–H groups in total. The van der Waals surface area contributed by atoms with Crippen LogP contribution in [0.5, 0.6) is 0 Å². The quantitative estimate of drug-likeness (QED) is 0.784. The molecular weight excluding hydrogens is 372 g/mol. The smallest absolute Gasteiger partial charge is 0.413 e. The van der Waals surface area contributed by atoms with E-state index >= 15 is 0 Å². The van der Waals surface area contributed by atoms with Crippen molar-refractivity contribution in [3.63, 3.8) is 0 Å². The Bertz CT molecular complexity index is 862. The number of aryl methyl sites for hydroxylation is 1. The van der Waals surface area contributed by atoms with Gasteiger partial charge in [0.2, 0.25) is 0 Å². The number of anilines is 1. The molecule has 2 amide bonds. The second-order valence-corrected chi connectivity index (χ2v) is 8.97. The molecule has 8 nitrogen and oxygen atoms in total. The number of fused-ring (bicyclic) bond motifs is 1. The minimum atomic E-state index is -0.588. The van der Waals surface area contributed by atoms with E-state index in [0.29, 0.717) is 25.3 Å². The number of nitrogens with one attached hydrogen (secondary N) is 1. The summed E-state index contributed by atoms with van der Waals surface area (Å²) in [7, 11) is 1.71. The summed E-state index contributed by atoms with van der Waals surface area (Å²) < 4.78 is 12.7. The van der Waals surface area contributed by atoms with Gasteiger partial charge in [0.1, 0.15) is 17.0 Å². The SMILES string of the molecule is CN(CCCn1c(NC(=O)OC(C)(C)C)cc2ncccc21)C(=O)OC(C)(C)C. The van der Waals surface area contributed by atoms with E-state index in [9.17, 15) is 9.59 Å². The van der Waals surface area contributed by atoms with Crippen LogP contribution in [0.4, 0.5) is 15.4 Å². The molecule has 0 aliphatic rings. The summed E-state index contributed by atoms with van der Waals surface area (Å²) >= 11 is 0. The Morgan fingerprint density at radius 3 is 2.41 bits per heavy atom. The standard InChI is InChI=1S/C21H32N4O4/c1-20(2,3)28-18(26)23-17-14-15-16(10-8-11-22-15)25(17)13-9-12-24(7)19(27)29-21(4,5)6/h8,10-11,14H,9,12-13H2,1-7H3,(H,23,26). The van der Waals surface area contributed by atoms with Crippen LogP contribution < -0.4 is 5.32 Å². The van der Waals surface area contributed by atoms with Crippen LogP contribution in [0.15, 0.2) is 24.4 Å². The van der Waals surface area contributed by atoms with Crippen molar-refractivity contribution in [1.29, 1.82) is 0 Å². The summed E-state index contributed by atoms with van der Waals surface area (Å²) in [5.74, 6) is 0.605. The number of pyridine rings is 1. The third-order valence-electron chi connectivity index (χ3n) is 3.88. The van der Waals surface area contributed by atoms with Gasteiger partial charge in [-0.25, -0.2) is 9.59 Å². The number of amides is 2. The van der Waals surface area contributed by atoms with Crippen LogP contribution in [-0.2, 0) is 16.0 Å². The third-order valence-corrected chi connectivity index (χ3v) is 3.88. The lowest BCUT2D eigenvalue weighted by atomic mass is 10.2. The van der Waals surface area contributed by atoms with Gasteiger partial charge in [-0.05, 0) is 60.1 Å². The summed E-state index contributed by atoms with van der Waals surface area (Å²) in [6, 6.07) is 5.61. The molecule has 0 spiro atoms. The molecule has 0 unspecified atom stereocenters. The van der Waals surface area contributed by atoms with Gasteiger partial charge in [0.15, 0.2) is 0 Å². The number of rotatable bonds is 5. The van der Waals surface area contributed by atoms with Crippen molar-refractivity contribution in [2.24, 2.45) is 0 Å². The molecule has 0 atom stereocenters. The fraction of sp³-hybridized carbons (Fsp3) is 0.571. The van der Waals surface area contributed by atoms with E-state index in [1.165, 1.54) is 0 Å². The van der Waals surface area contributed by atoms with Crippen molar-refractivity contribution in [3.05, 3.63) is 24.4 Å². The Kier molecular flexibility index (Phi) is 6.77. The molecule has 0 saturated heterocycles. The minimum absolute atomic E-state index is 0.358. The molecule has 0 fully saturated rings. The molecule has 0 saturated carbocycles. The average Bonchev–Trinajstić information content (AvgIpc) is 2.88. The highest BCUT2D eigenvalue weighted by atomic mass is 16.6. The minimum Gasteiger partial charge on any atom is -0.444 e. The lowest BCUT2D eigenvalue weighted by molar-refractivity contribution is 0.0295. The van der Waals surface area contributed by atoms with Crippen LogP contribution in [0.2, 0.25) is 0 Å². The van der Waals surface area contributed by atoms with Crippen LogP contribution >= 0.6 is 0 Å². The lowest BCUT2D eigenvalue weighted by Crippen LogP contribution is -2.35. The number of aromatic nitrogens is 2. The van der Waals surface area contributed by atoms with Crippen molar-refractivity contribution in [2.45, 2.75) is 65.7 Å². The number of hydrogen-bond donors (Lipinski definition) is 1. The number of hydrogen-bond acceptors (Lipinski definition) is 5. The maximum atomic E-state index is 12.2. The first kappa shape index (κ1) is 22.5. The van der Waals surface area contributed by atoms with E-state index in [4.69, 9.17) is 9.47 Å². The highest BCUT2D eigenvalue weighted by molar-refractivity contribution is 5.89. The monoisotopic (exact) mass is 404 g/mol. The van der Waals surface area contributed by atoms with Gasteiger partial charge in [-0.1, -0.05) is 0 Å². The molecular formula is C21H32N4O4. The van der Waals surface area contributed by atoms with Gasteiger partial charge in [-0.2, -0.15) is 0 Å². The van der Waals surface area contributed by atoms with Crippen LogP contribution in [0.1, 0.15) is 48.0 Å². The molecule has 2 aromatic rings. The normalized spacial score (nSPS) is 12.0. The Morgan fingerprint density at radius 1 is 1.14 bits per heavy atom. The molecule has 160 valence electrons. The summed E-state index contributed by atoms with van der Waals surface area (Å²) in [6.07, 6.45) is 1.51. The van der Waals surface area contributed by atoms with Crippen LogP contribution in [0, 0.1) is 0 Å². The fourth-order valence-corrected chi connectivity index (χ4v) is 2.74. The van der Waals surface area contributed by atoms with Crippen LogP contribution in [0.25, 0.3) is 11.0 Å². The molecule has 2 rings (SSSR count). The zero-order chi connectivity index (χ0) is 21.8. The summed E-state index contributed by atoms with van der Waals surface area (Å²) in [5, 5.41) is 2.81. The second kappa shape index (κ2) is 8.71. The number of carbonyl (C=O) groups excluding carboxylic acids is 2. The highest BCUT2D eigenvalue weighted by Crippen LogP contribution is 2.23. The van der Waals surface area contributed by atoms with Crippen LogP contribution in [-0.4, -0.2) is 51.4 Å². The van der Waals surface area contributed by atoms with Crippen molar-refractivity contribution >= 4 is 29.0 Å². The predicted molar refractivity (Wildman–Crippen MR) is 113 cm³/mol. The van der Waals surface area contributed by atoms with Gasteiger partial charge in [-0.3, -0.25) is 10.3 Å². The molecule has 8 heteroatoms. The van der Waals surface area contributed by atoms with Gasteiger partial charge in [0.25, 0.3) is 0 Å². The Balaban J connectivity index is 2.09. The molecule has 2 heterocycles. The van der Waals surface area contributed by atoms with Crippen molar-refractivity contribution in [1.82, 2.24) is 14.5 Å². The molecule has 0 aromatic carbocycles. The third kappa shape index (κ3) is 6.96. The first-order valence-corrected chi connectivity index (χ1v) is 9.74. The Morgan fingerprint density at radius 2 is 1.79 bits per heavy atom. The first-order valence-electron chi connectivity index (χ1n) is 9.74. The Hall–Kier alpha value is -2.77. The summed E-state index contributed by atoms with van der Waals surface area (Å²) in [5.41, 5.74) is 0.561. The topological polar surface area (TPSA) is 85.7 Å². The van der Waals surface area contributed by atoms with E-state index in [1.807, 2.05) is 64.3 Å². The molecule has 0 bridgehead atoms. The molecule has 0 radical (unpaired) electrons. The van der Waals surface area contributed by atoms with E-state index in [1.54, 1.807) is 18.1 Å². The van der Waals surface area contributed by atoms with Crippen LogP contribution in [0.3, 0.4) is 0 Å². The molecule has 29 heavy (non-hydrogen) atoms. The zero-order valence-electron chi connectivity index (χ0n) is 18.4. The number of ether oxygens (including phenoxy) is 2. The van der Waals surface area contributed by atoms with Crippen molar-refractivity contribution < 1.29 is 19.1 Å². The maximum absolute atomic E-state index is 12.2. The first-order chi connectivity index (χ1) is 13.4. The summed E-state index contributed by atoms with van der Waals surface area (Å²) in [6.45, 7) is 12.1. The number of nitrogens with zero attached hydrogens (tertiary/aromatic N) is 3.